The highest BCUT2D eigenvalue weighted by Crippen LogP contribution is 2.15. The van der Waals surface area contributed by atoms with E-state index in [1.54, 1.807) is 0 Å². The van der Waals surface area contributed by atoms with Crippen LogP contribution < -0.4 is 0 Å². The predicted octanol–water partition coefficient (Wildman–Crippen LogP) is 12.6. The van der Waals surface area contributed by atoms with E-state index in [4.69, 9.17) is 14.2 Å². The van der Waals surface area contributed by atoms with E-state index in [0.29, 0.717) is 19.3 Å². The van der Waals surface area contributed by atoms with Crippen LogP contribution in [0.3, 0.4) is 0 Å². The van der Waals surface area contributed by atoms with Gasteiger partial charge in [0.25, 0.3) is 0 Å². The number of rotatable bonds is 41. The first kappa shape index (κ1) is 53.6. The smallest absolute Gasteiger partial charge is 0.362 e. The van der Waals surface area contributed by atoms with Crippen molar-refractivity contribution in [1.82, 2.24) is 0 Å². The molecule has 0 aliphatic carbocycles. The number of esters is 2. The number of unbranched alkanes of at least 4 members (excludes halogenated alkanes) is 21. The molecule has 8 heteroatoms. The molecule has 0 aliphatic rings. The molecule has 0 radical (unpaired) electrons. The molecule has 0 aromatic heterocycles. The van der Waals surface area contributed by atoms with Crippen LogP contribution in [0.15, 0.2) is 36.5 Å². The highest BCUT2D eigenvalue weighted by Gasteiger charge is 2.31. The Morgan fingerprint density at radius 2 is 1.00 bits per heavy atom. The molecular weight excluding hydrogens is 703 g/mol. The summed E-state index contributed by atoms with van der Waals surface area (Å²) in [6.07, 6.45) is 45.0. The fraction of sp³-hybridized carbons (Fsp3) is 0.812. The Labute approximate surface area is 344 Å². The molecule has 1 N–H and O–H groups in total. The van der Waals surface area contributed by atoms with E-state index in [-0.39, 0.29) is 36.2 Å². The van der Waals surface area contributed by atoms with Gasteiger partial charge in [0.1, 0.15) is 6.61 Å². The van der Waals surface area contributed by atoms with Crippen LogP contribution in [0.4, 0.5) is 0 Å². The number of carboxylic acids is 1. The van der Waals surface area contributed by atoms with Gasteiger partial charge in [-0.3, -0.25) is 9.59 Å². The first-order valence-electron chi connectivity index (χ1n) is 23.0. The van der Waals surface area contributed by atoms with E-state index in [1.807, 2.05) is 21.1 Å². The van der Waals surface area contributed by atoms with Crippen LogP contribution in [0.25, 0.3) is 0 Å². The van der Waals surface area contributed by atoms with Crippen LogP contribution in [0.2, 0.25) is 0 Å². The number of allylic oxidation sites excluding steroid dienone is 6. The SMILES string of the molecule is CC/C=C/C/C=C/CCCCC(=O)OCC(COCCC(C(=O)O)[N+](C)(C)C)OC(=O)CCCCCCCCC/C=C/CCCCCCCCCCCCCC. The molecule has 0 spiro atoms. The third kappa shape index (κ3) is 37.1. The lowest BCUT2D eigenvalue weighted by Crippen LogP contribution is -2.50. The third-order valence-electron chi connectivity index (χ3n) is 10.3. The number of aliphatic carboxylic acids is 1. The number of carboxylic acid groups (broad SMARTS) is 1. The lowest BCUT2D eigenvalue weighted by atomic mass is 10.0. The van der Waals surface area contributed by atoms with Crippen molar-refractivity contribution >= 4 is 17.9 Å². The number of hydrogen-bond acceptors (Lipinski definition) is 6. The van der Waals surface area contributed by atoms with Crippen LogP contribution in [0, 0.1) is 0 Å². The molecule has 0 saturated carbocycles. The van der Waals surface area contributed by atoms with Gasteiger partial charge < -0.3 is 23.8 Å². The Kier molecular flexibility index (Phi) is 37.7. The van der Waals surface area contributed by atoms with Crippen molar-refractivity contribution in [2.45, 2.75) is 212 Å². The Bertz CT molecular complexity index is 1020. The third-order valence-corrected chi connectivity index (χ3v) is 10.3. The van der Waals surface area contributed by atoms with Crippen LogP contribution in [-0.4, -0.2) is 80.6 Å². The summed E-state index contributed by atoms with van der Waals surface area (Å²) in [5.41, 5.74) is 0. The number of ether oxygens (including phenoxy) is 3. The van der Waals surface area contributed by atoms with Gasteiger partial charge in [0.15, 0.2) is 12.1 Å². The normalized spacial score (nSPS) is 13.2. The fourth-order valence-corrected chi connectivity index (χ4v) is 6.71. The highest BCUT2D eigenvalue weighted by molar-refractivity contribution is 5.72. The van der Waals surface area contributed by atoms with E-state index in [2.05, 4.69) is 50.3 Å². The summed E-state index contributed by atoms with van der Waals surface area (Å²) >= 11 is 0. The maximum absolute atomic E-state index is 12.7. The number of nitrogens with zero attached hydrogens (tertiary/aromatic N) is 1. The van der Waals surface area contributed by atoms with Gasteiger partial charge in [0, 0.05) is 19.3 Å². The van der Waals surface area contributed by atoms with Crippen molar-refractivity contribution in [1.29, 1.82) is 0 Å². The van der Waals surface area contributed by atoms with Crippen LogP contribution in [-0.2, 0) is 28.6 Å². The van der Waals surface area contributed by atoms with E-state index in [1.165, 1.54) is 116 Å². The summed E-state index contributed by atoms with van der Waals surface area (Å²) in [5, 5.41) is 9.61. The van der Waals surface area contributed by atoms with E-state index in [0.717, 1.165) is 51.4 Å². The molecular formula is C48H88NO7+. The Hall–Kier alpha value is -2.45. The van der Waals surface area contributed by atoms with Crippen molar-refractivity contribution in [2.24, 2.45) is 0 Å². The lowest BCUT2D eigenvalue weighted by molar-refractivity contribution is -0.887. The number of likely N-dealkylation sites (N-methyl/N-ethyl adjacent to an activating group) is 1. The fourth-order valence-electron chi connectivity index (χ4n) is 6.71. The van der Waals surface area contributed by atoms with Gasteiger partial charge in [-0.05, 0) is 64.2 Å². The zero-order chi connectivity index (χ0) is 41.4. The van der Waals surface area contributed by atoms with Gasteiger partial charge in [-0.1, -0.05) is 153 Å². The van der Waals surface area contributed by atoms with Crippen molar-refractivity contribution < 1.29 is 38.2 Å². The molecule has 0 aromatic carbocycles. The average Bonchev–Trinajstić information content (AvgIpc) is 3.15. The molecule has 0 fully saturated rings. The molecule has 2 atom stereocenters. The molecule has 0 aromatic rings. The Morgan fingerprint density at radius 3 is 1.52 bits per heavy atom. The number of hydrogen-bond donors (Lipinski definition) is 1. The van der Waals surface area contributed by atoms with Gasteiger partial charge in [-0.25, -0.2) is 4.79 Å². The summed E-state index contributed by atoms with van der Waals surface area (Å²) in [4.78, 5) is 36.9. The van der Waals surface area contributed by atoms with Gasteiger partial charge in [0.2, 0.25) is 0 Å². The van der Waals surface area contributed by atoms with Crippen LogP contribution in [0.1, 0.15) is 200 Å². The number of quaternary nitrogens is 1. The molecule has 326 valence electrons. The second-order valence-electron chi connectivity index (χ2n) is 16.6. The molecule has 0 amide bonds. The second-order valence-corrected chi connectivity index (χ2v) is 16.6. The van der Waals surface area contributed by atoms with E-state index in [9.17, 15) is 19.5 Å². The first-order chi connectivity index (χ1) is 27.1. The average molecular weight is 791 g/mol. The van der Waals surface area contributed by atoms with Gasteiger partial charge in [0.05, 0.1) is 34.4 Å². The predicted molar refractivity (Wildman–Crippen MR) is 234 cm³/mol. The van der Waals surface area contributed by atoms with E-state index < -0.39 is 18.1 Å². The zero-order valence-electron chi connectivity index (χ0n) is 37.1. The molecule has 2 unspecified atom stereocenters. The maximum atomic E-state index is 12.7. The summed E-state index contributed by atoms with van der Waals surface area (Å²) in [6.45, 7) is 4.58. The summed E-state index contributed by atoms with van der Waals surface area (Å²) < 4.78 is 17.2. The Balaban J connectivity index is 4.19. The standard InChI is InChI=1S/C48H87NO7/c1-6-8-10-12-14-16-17-18-19-20-21-22-23-24-25-26-27-28-29-31-33-35-37-39-47(51)56-44(42-54-41-40-45(48(52)53)49(3,4)5)43-55-46(50)38-36-34-32-30-15-13-11-9-7-2/h9,11,15,24-25,30,44-45H,6-8,10,12-14,16-23,26-29,31-43H2,1-5H3/p+1/b11-9+,25-24+,30-15+. The van der Waals surface area contributed by atoms with E-state index >= 15 is 0 Å². The largest absolute Gasteiger partial charge is 0.477 e. The minimum Gasteiger partial charge on any atom is -0.477 e. The Morgan fingerprint density at radius 1 is 0.554 bits per heavy atom. The molecule has 0 saturated heterocycles. The maximum Gasteiger partial charge on any atom is 0.362 e. The molecule has 0 bridgehead atoms. The zero-order valence-corrected chi connectivity index (χ0v) is 37.1. The van der Waals surface area contributed by atoms with Crippen molar-refractivity contribution in [3.8, 4) is 0 Å². The molecule has 8 nitrogen and oxygen atoms in total. The number of carbonyl (C=O) groups is 3. The van der Waals surface area contributed by atoms with Crippen molar-refractivity contribution in [2.75, 3.05) is 41.0 Å². The minimum atomic E-state index is -0.880. The monoisotopic (exact) mass is 791 g/mol. The van der Waals surface area contributed by atoms with Crippen molar-refractivity contribution in [3.63, 3.8) is 0 Å². The van der Waals surface area contributed by atoms with Gasteiger partial charge in [-0.2, -0.15) is 0 Å². The topological polar surface area (TPSA) is 99.1 Å². The summed E-state index contributed by atoms with van der Waals surface area (Å²) in [7, 11) is 5.51. The quantitative estimate of drug-likeness (QED) is 0.0285. The van der Waals surface area contributed by atoms with Gasteiger partial charge >= 0.3 is 17.9 Å². The highest BCUT2D eigenvalue weighted by atomic mass is 16.6. The van der Waals surface area contributed by atoms with Gasteiger partial charge in [-0.15, -0.1) is 0 Å². The summed E-state index contributed by atoms with van der Waals surface area (Å²) in [6, 6.07) is -0.618. The molecule has 0 aliphatic heterocycles. The first-order valence-corrected chi connectivity index (χ1v) is 23.0. The van der Waals surface area contributed by atoms with Crippen LogP contribution in [0.5, 0.6) is 0 Å². The van der Waals surface area contributed by atoms with Crippen molar-refractivity contribution in [3.05, 3.63) is 36.5 Å². The number of carbonyl (C=O) groups excluding carboxylic acids is 2. The molecule has 0 rings (SSSR count). The minimum absolute atomic E-state index is 0.0500. The lowest BCUT2D eigenvalue weighted by Gasteiger charge is -2.31. The molecule has 0 heterocycles. The summed E-state index contributed by atoms with van der Waals surface area (Å²) in [5.74, 6) is -1.52. The second kappa shape index (κ2) is 39.4. The van der Waals surface area contributed by atoms with Crippen LogP contribution >= 0.6 is 0 Å². The molecule has 56 heavy (non-hydrogen) atoms.